The molecule has 0 amide bonds. The normalized spacial score (nSPS) is 10.8. The van der Waals surface area contributed by atoms with E-state index in [1.165, 1.54) is 0 Å². The summed E-state index contributed by atoms with van der Waals surface area (Å²) >= 11 is 0. The lowest BCUT2D eigenvalue weighted by Gasteiger charge is -2.00. The Balaban J connectivity index is 3.81. The summed E-state index contributed by atoms with van der Waals surface area (Å²) in [7, 11) is 0. The number of allylic oxidation sites excluding steroid dienone is 2. The minimum Gasteiger partial charge on any atom is -0.458 e. The first-order chi connectivity index (χ1) is 5.57. The highest BCUT2D eigenvalue weighted by atomic mass is 16.5. The van der Waals surface area contributed by atoms with Crippen LogP contribution in [-0.2, 0) is 9.53 Å². The standard InChI is InChI=1S/C10H15O2/c1-5-9(4)10(11)12-7-6-8(2)3/h5-6H,4,7H2,1-3H3/b9-5-. The average Bonchev–Trinajstić information content (AvgIpc) is 2.02. The van der Waals surface area contributed by atoms with Crippen LogP contribution in [0, 0.1) is 6.92 Å². The van der Waals surface area contributed by atoms with E-state index in [1.54, 1.807) is 13.0 Å². The quantitative estimate of drug-likeness (QED) is 0.366. The van der Waals surface area contributed by atoms with Gasteiger partial charge in [0.25, 0.3) is 0 Å². The molecular weight excluding hydrogens is 152 g/mol. The van der Waals surface area contributed by atoms with E-state index in [-0.39, 0.29) is 5.97 Å². The van der Waals surface area contributed by atoms with E-state index in [2.05, 4.69) is 6.92 Å². The van der Waals surface area contributed by atoms with E-state index in [0.29, 0.717) is 12.2 Å². The maximum absolute atomic E-state index is 11.0. The summed E-state index contributed by atoms with van der Waals surface area (Å²) in [6.45, 7) is 9.51. The van der Waals surface area contributed by atoms with Gasteiger partial charge in [0.15, 0.2) is 0 Å². The molecular formula is C10H15O2. The first kappa shape index (κ1) is 11.0. The van der Waals surface area contributed by atoms with E-state index in [0.717, 1.165) is 5.57 Å². The third kappa shape index (κ3) is 4.72. The van der Waals surface area contributed by atoms with Gasteiger partial charge in [-0.2, -0.15) is 0 Å². The Morgan fingerprint density at radius 1 is 1.50 bits per heavy atom. The number of rotatable bonds is 3. The van der Waals surface area contributed by atoms with Crippen LogP contribution in [0.25, 0.3) is 0 Å². The number of carbonyl (C=O) groups excluding carboxylic acids is 1. The lowest BCUT2D eigenvalue weighted by molar-refractivity contribution is -0.137. The summed E-state index contributed by atoms with van der Waals surface area (Å²) < 4.78 is 4.86. The van der Waals surface area contributed by atoms with Crippen molar-refractivity contribution in [3.63, 3.8) is 0 Å². The zero-order valence-electron chi connectivity index (χ0n) is 7.89. The molecule has 0 rings (SSSR count). The monoisotopic (exact) mass is 167 g/mol. The second-order valence-electron chi connectivity index (χ2n) is 2.69. The van der Waals surface area contributed by atoms with Gasteiger partial charge in [-0.15, -0.1) is 0 Å². The molecule has 0 aromatic heterocycles. The van der Waals surface area contributed by atoms with E-state index in [9.17, 15) is 4.79 Å². The molecule has 2 heteroatoms. The molecule has 0 aliphatic heterocycles. The van der Waals surface area contributed by atoms with Gasteiger partial charge in [-0.3, -0.25) is 0 Å². The van der Waals surface area contributed by atoms with Gasteiger partial charge >= 0.3 is 5.97 Å². The van der Waals surface area contributed by atoms with Crippen LogP contribution in [0.15, 0.2) is 23.3 Å². The molecule has 0 N–H and O–H groups in total. The fourth-order valence-corrected chi connectivity index (χ4v) is 0.495. The number of esters is 1. The summed E-state index contributed by atoms with van der Waals surface area (Å²) in [5, 5.41) is 0. The lowest BCUT2D eigenvalue weighted by atomic mass is 10.3. The molecule has 1 radical (unpaired) electrons. The Bertz CT molecular complexity index is 208. The van der Waals surface area contributed by atoms with Crippen LogP contribution >= 0.6 is 0 Å². The predicted octanol–water partition coefficient (Wildman–Crippen LogP) is 2.28. The zero-order valence-corrected chi connectivity index (χ0v) is 7.89. The predicted molar refractivity (Wildman–Crippen MR) is 49.5 cm³/mol. The average molecular weight is 167 g/mol. The van der Waals surface area contributed by atoms with Crippen molar-refractivity contribution < 1.29 is 9.53 Å². The minimum absolute atomic E-state index is 0.327. The molecule has 0 bridgehead atoms. The summed E-state index contributed by atoms with van der Waals surface area (Å²) in [4.78, 5) is 11.0. The second kappa shape index (κ2) is 5.58. The Hall–Kier alpha value is -1.05. The number of hydrogen-bond donors (Lipinski definition) is 0. The molecule has 0 saturated heterocycles. The highest BCUT2D eigenvalue weighted by molar-refractivity contribution is 5.89. The van der Waals surface area contributed by atoms with Crippen molar-refractivity contribution in [2.45, 2.75) is 20.8 Å². The van der Waals surface area contributed by atoms with Gasteiger partial charge in [0.05, 0.1) is 0 Å². The van der Waals surface area contributed by atoms with Crippen LogP contribution in [0.5, 0.6) is 0 Å². The van der Waals surface area contributed by atoms with Crippen molar-refractivity contribution in [2.75, 3.05) is 6.61 Å². The van der Waals surface area contributed by atoms with Crippen LogP contribution in [0.3, 0.4) is 0 Å². The number of carbonyl (C=O) groups is 1. The molecule has 0 atom stereocenters. The first-order valence-electron chi connectivity index (χ1n) is 3.86. The molecule has 0 aliphatic carbocycles. The Morgan fingerprint density at radius 2 is 2.08 bits per heavy atom. The molecule has 67 valence electrons. The molecule has 0 aromatic carbocycles. The Labute approximate surface area is 73.9 Å². The summed E-state index contributed by atoms with van der Waals surface area (Å²) in [5.74, 6) is -0.352. The first-order valence-corrected chi connectivity index (χ1v) is 3.86. The number of hydrogen-bond acceptors (Lipinski definition) is 2. The van der Waals surface area contributed by atoms with Crippen molar-refractivity contribution >= 4 is 5.97 Å². The molecule has 0 unspecified atom stereocenters. The third-order valence-corrected chi connectivity index (χ3v) is 1.32. The topological polar surface area (TPSA) is 26.3 Å². The lowest BCUT2D eigenvalue weighted by Crippen LogP contribution is -2.05. The van der Waals surface area contributed by atoms with Crippen LogP contribution in [0.2, 0.25) is 0 Å². The summed E-state index contributed by atoms with van der Waals surface area (Å²) in [6.07, 6.45) is 3.48. The van der Waals surface area contributed by atoms with Gasteiger partial charge in [-0.05, 0) is 33.8 Å². The van der Waals surface area contributed by atoms with Gasteiger partial charge in [-0.1, -0.05) is 11.6 Å². The SMILES string of the molecule is [CH2]/C(=C/C)C(=O)OCC=C(C)C. The highest BCUT2D eigenvalue weighted by Crippen LogP contribution is 1.96. The van der Waals surface area contributed by atoms with Crippen molar-refractivity contribution in [3.05, 3.63) is 30.2 Å². The fraction of sp³-hybridized carbons (Fsp3) is 0.400. The largest absolute Gasteiger partial charge is 0.458 e. The Morgan fingerprint density at radius 3 is 2.50 bits per heavy atom. The van der Waals surface area contributed by atoms with Gasteiger partial charge in [0.2, 0.25) is 0 Å². The van der Waals surface area contributed by atoms with Gasteiger partial charge in [0, 0.05) is 5.57 Å². The third-order valence-electron chi connectivity index (χ3n) is 1.32. The maximum Gasteiger partial charge on any atom is 0.333 e. The van der Waals surface area contributed by atoms with E-state index in [1.807, 2.05) is 19.9 Å². The molecule has 0 aliphatic rings. The van der Waals surface area contributed by atoms with Crippen LogP contribution in [0.4, 0.5) is 0 Å². The fourth-order valence-electron chi connectivity index (χ4n) is 0.495. The summed E-state index contributed by atoms with van der Waals surface area (Å²) in [6, 6.07) is 0. The molecule has 0 heterocycles. The van der Waals surface area contributed by atoms with Crippen molar-refractivity contribution in [2.24, 2.45) is 0 Å². The van der Waals surface area contributed by atoms with Crippen molar-refractivity contribution in [1.82, 2.24) is 0 Å². The molecule has 0 aromatic rings. The minimum atomic E-state index is -0.352. The van der Waals surface area contributed by atoms with Gasteiger partial charge < -0.3 is 4.74 Å². The Kier molecular flexibility index (Phi) is 5.09. The summed E-state index contributed by atoms with van der Waals surface area (Å²) in [5.41, 5.74) is 1.53. The smallest absolute Gasteiger partial charge is 0.333 e. The van der Waals surface area contributed by atoms with Crippen LogP contribution in [-0.4, -0.2) is 12.6 Å². The zero-order chi connectivity index (χ0) is 9.56. The molecule has 0 spiro atoms. The van der Waals surface area contributed by atoms with Crippen molar-refractivity contribution in [3.8, 4) is 0 Å². The second-order valence-corrected chi connectivity index (χ2v) is 2.69. The maximum atomic E-state index is 11.0. The van der Waals surface area contributed by atoms with Crippen LogP contribution in [0.1, 0.15) is 20.8 Å². The van der Waals surface area contributed by atoms with Crippen molar-refractivity contribution in [1.29, 1.82) is 0 Å². The van der Waals surface area contributed by atoms with Gasteiger partial charge in [0.1, 0.15) is 6.61 Å². The van der Waals surface area contributed by atoms with E-state index < -0.39 is 0 Å². The molecule has 0 saturated carbocycles. The highest BCUT2D eigenvalue weighted by Gasteiger charge is 2.01. The molecule has 2 nitrogen and oxygen atoms in total. The van der Waals surface area contributed by atoms with E-state index >= 15 is 0 Å². The molecule has 0 fully saturated rings. The van der Waals surface area contributed by atoms with Crippen LogP contribution < -0.4 is 0 Å². The van der Waals surface area contributed by atoms with Gasteiger partial charge in [-0.25, -0.2) is 4.79 Å². The van der Waals surface area contributed by atoms with E-state index in [4.69, 9.17) is 4.74 Å². The molecule has 12 heavy (non-hydrogen) atoms. The number of ether oxygens (including phenoxy) is 1.